The van der Waals surface area contributed by atoms with Gasteiger partial charge in [-0.25, -0.2) is 0 Å². The number of carbonyl (C=O) groups is 1. The van der Waals surface area contributed by atoms with Crippen LogP contribution in [0.25, 0.3) is 0 Å². The molecule has 4 nitrogen and oxygen atoms in total. The van der Waals surface area contributed by atoms with E-state index in [9.17, 15) is 4.79 Å². The van der Waals surface area contributed by atoms with E-state index in [4.69, 9.17) is 10.5 Å². The number of amides is 1. The number of primary amides is 1. The van der Waals surface area contributed by atoms with Crippen LogP contribution in [0.15, 0.2) is 36.4 Å². The summed E-state index contributed by atoms with van der Waals surface area (Å²) >= 11 is 0. The molecular formula is C20H24N2O2. The first-order chi connectivity index (χ1) is 11.6. The lowest BCUT2D eigenvalue weighted by Gasteiger charge is -2.17. The molecule has 1 aliphatic heterocycles. The van der Waals surface area contributed by atoms with E-state index in [-0.39, 0.29) is 0 Å². The van der Waals surface area contributed by atoms with Gasteiger partial charge in [0.1, 0.15) is 5.75 Å². The summed E-state index contributed by atoms with van der Waals surface area (Å²) in [6.45, 7) is 3.60. The highest BCUT2D eigenvalue weighted by atomic mass is 16.5. The van der Waals surface area contributed by atoms with Gasteiger partial charge in [-0.1, -0.05) is 23.8 Å². The highest BCUT2D eigenvalue weighted by molar-refractivity contribution is 5.94. The third-order valence-electron chi connectivity index (χ3n) is 4.43. The zero-order valence-electron chi connectivity index (χ0n) is 14.1. The van der Waals surface area contributed by atoms with Crippen molar-refractivity contribution in [3.8, 4) is 5.75 Å². The van der Waals surface area contributed by atoms with Crippen LogP contribution in [0, 0.1) is 6.92 Å². The van der Waals surface area contributed by atoms with Gasteiger partial charge in [0, 0.05) is 12.1 Å². The fourth-order valence-electron chi connectivity index (χ4n) is 3.11. The van der Waals surface area contributed by atoms with Gasteiger partial charge in [0.2, 0.25) is 5.91 Å². The molecule has 0 bridgehead atoms. The Morgan fingerprint density at radius 1 is 1.08 bits per heavy atom. The Labute approximate surface area is 143 Å². The molecule has 2 aromatic rings. The highest BCUT2D eigenvalue weighted by Gasteiger charge is 2.10. The molecule has 3 N–H and O–H groups in total. The van der Waals surface area contributed by atoms with Crippen LogP contribution in [-0.2, 0) is 12.8 Å². The van der Waals surface area contributed by atoms with Gasteiger partial charge in [-0.15, -0.1) is 0 Å². The van der Waals surface area contributed by atoms with Crippen LogP contribution in [0.2, 0.25) is 0 Å². The standard InChI is InChI=1S/C20H24N2O2/c1-14-5-6-15-9-10-22-18-13-17(20(21)23)7-8-19(18)24-11-3-2-4-16(15)12-14/h5-8,12-13,22H,2-4,9-11H2,1H3,(H2,21,23). The van der Waals surface area contributed by atoms with Gasteiger partial charge in [0.15, 0.2) is 0 Å². The van der Waals surface area contributed by atoms with Crippen LogP contribution in [0.4, 0.5) is 5.69 Å². The van der Waals surface area contributed by atoms with Gasteiger partial charge in [-0.2, -0.15) is 0 Å². The van der Waals surface area contributed by atoms with E-state index in [0.717, 1.165) is 43.7 Å². The molecule has 0 saturated carbocycles. The lowest BCUT2D eigenvalue weighted by molar-refractivity contribution is 0.100. The molecule has 126 valence electrons. The second-order valence-corrected chi connectivity index (χ2v) is 6.33. The van der Waals surface area contributed by atoms with Crippen LogP contribution in [0.3, 0.4) is 0 Å². The van der Waals surface area contributed by atoms with Gasteiger partial charge in [0.25, 0.3) is 0 Å². The van der Waals surface area contributed by atoms with Crippen molar-refractivity contribution in [3.63, 3.8) is 0 Å². The summed E-state index contributed by atoms with van der Waals surface area (Å²) in [6.07, 6.45) is 4.15. The van der Waals surface area contributed by atoms with E-state index in [1.807, 2.05) is 6.07 Å². The lowest BCUT2D eigenvalue weighted by atomic mass is 9.97. The first-order valence-electron chi connectivity index (χ1n) is 8.52. The number of nitrogens with one attached hydrogen (secondary N) is 1. The minimum Gasteiger partial charge on any atom is -0.491 e. The van der Waals surface area contributed by atoms with Gasteiger partial charge < -0.3 is 15.8 Å². The molecule has 1 aliphatic rings. The minimum atomic E-state index is -0.425. The number of hydrogen-bond acceptors (Lipinski definition) is 3. The van der Waals surface area contributed by atoms with Crippen LogP contribution < -0.4 is 15.8 Å². The summed E-state index contributed by atoms with van der Waals surface area (Å²) in [5.41, 5.74) is 10.8. The summed E-state index contributed by atoms with van der Waals surface area (Å²) in [6, 6.07) is 12.0. The summed E-state index contributed by atoms with van der Waals surface area (Å²) in [5.74, 6) is 0.358. The Kier molecular flexibility index (Phi) is 5.04. The predicted molar refractivity (Wildman–Crippen MR) is 96.8 cm³/mol. The first kappa shape index (κ1) is 16.4. The Morgan fingerprint density at radius 3 is 2.79 bits per heavy atom. The van der Waals surface area contributed by atoms with Gasteiger partial charge >= 0.3 is 0 Å². The molecule has 0 aliphatic carbocycles. The molecular weight excluding hydrogens is 300 g/mol. The van der Waals surface area contributed by atoms with Crippen molar-refractivity contribution < 1.29 is 9.53 Å². The smallest absolute Gasteiger partial charge is 0.248 e. The van der Waals surface area contributed by atoms with Crippen molar-refractivity contribution >= 4 is 11.6 Å². The van der Waals surface area contributed by atoms with Crippen molar-refractivity contribution in [2.75, 3.05) is 18.5 Å². The molecule has 0 atom stereocenters. The fourth-order valence-corrected chi connectivity index (χ4v) is 3.11. The van der Waals surface area contributed by atoms with E-state index in [1.54, 1.807) is 12.1 Å². The summed E-state index contributed by atoms with van der Waals surface area (Å²) in [4.78, 5) is 11.4. The predicted octanol–water partition coefficient (Wildman–Crippen LogP) is 3.46. The number of anilines is 1. The Bertz CT molecular complexity index is 740. The van der Waals surface area contributed by atoms with E-state index < -0.39 is 5.91 Å². The maximum absolute atomic E-state index is 11.4. The van der Waals surface area contributed by atoms with Gasteiger partial charge in [0.05, 0.1) is 12.3 Å². The SMILES string of the molecule is Cc1ccc2c(c1)CCCCOc1ccc(C(N)=O)cc1NCC2. The zero-order valence-corrected chi connectivity index (χ0v) is 14.1. The average Bonchev–Trinajstić information content (AvgIpc) is 2.55. The molecule has 0 saturated heterocycles. The number of benzene rings is 2. The molecule has 0 spiro atoms. The fraction of sp³-hybridized carbons (Fsp3) is 0.350. The minimum absolute atomic E-state index is 0.425. The Balaban J connectivity index is 1.84. The summed E-state index contributed by atoms with van der Waals surface area (Å²) in [7, 11) is 0. The monoisotopic (exact) mass is 324 g/mol. The van der Waals surface area contributed by atoms with Crippen LogP contribution in [0.1, 0.15) is 39.9 Å². The molecule has 2 aromatic carbocycles. The third kappa shape index (κ3) is 3.88. The molecule has 0 aromatic heterocycles. The second-order valence-electron chi connectivity index (χ2n) is 6.33. The molecule has 0 unspecified atom stereocenters. The number of nitrogens with two attached hydrogens (primary N) is 1. The first-order valence-corrected chi connectivity index (χ1v) is 8.52. The van der Waals surface area contributed by atoms with Crippen molar-refractivity contribution in [1.29, 1.82) is 0 Å². The van der Waals surface area contributed by atoms with Crippen LogP contribution in [-0.4, -0.2) is 19.1 Å². The maximum atomic E-state index is 11.4. The molecule has 1 heterocycles. The molecule has 4 heteroatoms. The maximum Gasteiger partial charge on any atom is 0.248 e. The summed E-state index contributed by atoms with van der Waals surface area (Å²) in [5, 5.41) is 3.40. The average molecular weight is 324 g/mol. The Morgan fingerprint density at radius 2 is 1.96 bits per heavy atom. The number of ether oxygens (including phenoxy) is 1. The van der Waals surface area contributed by atoms with Crippen LogP contribution >= 0.6 is 0 Å². The number of fused-ring (bicyclic) bond motifs is 2. The van der Waals surface area contributed by atoms with E-state index in [1.165, 1.54) is 16.7 Å². The van der Waals surface area contributed by atoms with E-state index in [2.05, 4.69) is 30.4 Å². The topological polar surface area (TPSA) is 64.3 Å². The lowest BCUT2D eigenvalue weighted by Crippen LogP contribution is -2.14. The third-order valence-corrected chi connectivity index (χ3v) is 4.43. The Hall–Kier alpha value is -2.49. The second kappa shape index (κ2) is 7.39. The number of hydrogen-bond donors (Lipinski definition) is 2. The highest BCUT2D eigenvalue weighted by Crippen LogP contribution is 2.27. The van der Waals surface area contributed by atoms with Gasteiger partial charge in [-0.05, 0) is 61.9 Å². The molecule has 0 radical (unpaired) electrons. The van der Waals surface area contributed by atoms with Crippen molar-refractivity contribution in [1.82, 2.24) is 0 Å². The zero-order chi connectivity index (χ0) is 16.9. The van der Waals surface area contributed by atoms with Crippen LogP contribution in [0.5, 0.6) is 5.75 Å². The van der Waals surface area contributed by atoms with Gasteiger partial charge in [-0.3, -0.25) is 4.79 Å². The summed E-state index contributed by atoms with van der Waals surface area (Å²) < 4.78 is 5.89. The number of carbonyl (C=O) groups excluding carboxylic acids is 1. The quantitative estimate of drug-likeness (QED) is 0.844. The van der Waals surface area contributed by atoms with E-state index in [0.29, 0.717) is 12.2 Å². The molecule has 3 rings (SSSR count). The number of rotatable bonds is 1. The normalized spacial score (nSPS) is 14.9. The van der Waals surface area contributed by atoms with Crippen molar-refractivity contribution in [2.24, 2.45) is 5.73 Å². The largest absolute Gasteiger partial charge is 0.491 e. The number of aryl methyl sites for hydroxylation is 2. The molecule has 24 heavy (non-hydrogen) atoms. The van der Waals surface area contributed by atoms with E-state index >= 15 is 0 Å². The molecule has 0 fully saturated rings. The van der Waals surface area contributed by atoms with Crippen molar-refractivity contribution in [3.05, 3.63) is 58.7 Å². The molecule has 1 amide bonds. The van der Waals surface area contributed by atoms with Crippen molar-refractivity contribution in [2.45, 2.75) is 32.6 Å².